The van der Waals surface area contributed by atoms with Crippen LogP contribution in [-0.4, -0.2) is 22.8 Å². The van der Waals surface area contributed by atoms with Crippen LogP contribution in [0, 0.1) is 11.3 Å². The lowest BCUT2D eigenvalue weighted by atomic mass is 10.1. The highest BCUT2D eigenvalue weighted by atomic mass is 16.4. The van der Waals surface area contributed by atoms with Crippen molar-refractivity contribution in [2.75, 3.05) is 6.61 Å². The van der Waals surface area contributed by atoms with Crippen LogP contribution in [0.3, 0.4) is 0 Å². The minimum absolute atomic E-state index is 0.00278. The van der Waals surface area contributed by atoms with E-state index in [-0.39, 0.29) is 12.5 Å². The number of carboxylic acid groups (broad SMARTS) is 1. The Labute approximate surface area is 53.3 Å². The molecule has 0 heterocycles. The first kappa shape index (κ1) is 6.55. The first-order valence-electron chi connectivity index (χ1n) is 2.95. The number of aliphatic hydroxyl groups is 1. The Morgan fingerprint density at radius 3 is 2.56 bits per heavy atom. The monoisotopic (exact) mass is 130 g/mol. The molecule has 52 valence electrons. The minimum atomic E-state index is -0.790. The molecule has 2 atom stereocenters. The molecule has 0 bridgehead atoms. The van der Waals surface area contributed by atoms with Crippen molar-refractivity contribution in [3.63, 3.8) is 0 Å². The highest BCUT2D eigenvalue weighted by Gasteiger charge is 2.55. The lowest BCUT2D eigenvalue weighted by molar-refractivity contribution is -0.143. The van der Waals surface area contributed by atoms with Crippen LogP contribution in [-0.2, 0) is 4.79 Å². The zero-order valence-corrected chi connectivity index (χ0v) is 5.29. The van der Waals surface area contributed by atoms with Crippen molar-refractivity contribution in [2.45, 2.75) is 13.3 Å². The third-order valence-corrected chi connectivity index (χ3v) is 2.12. The standard InChI is InChI=1S/C6H10O3/c1-6(5(8)9)2-4(6)3-7/h4,7H,2-3H2,1H3,(H,8,9)/t4-,6+/m1/s1. The maximum Gasteiger partial charge on any atom is 0.309 e. The Morgan fingerprint density at radius 1 is 1.89 bits per heavy atom. The molecule has 9 heavy (non-hydrogen) atoms. The van der Waals surface area contributed by atoms with Crippen molar-refractivity contribution in [3.8, 4) is 0 Å². The van der Waals surface area contributed by atoms with Gasteiger partial charge in [0.1, 0.15) is 0 Å². The van der Waals surface area contributed by atoms with Crippen molar-refractivity contribution < 1.29 is 15.0 Å². The quantitative estimate of drug-likeness (QED) is 0.557. The van der Waals surface area contributed by atoms with Crippen molar-refractivity contribution in [3.05, 3.63) is 0 Å². The molecular formula is C6H10O3. The molecule has 3 nitrogen and oxygen atoms in total. The molecule has 1 aliphatic rings. The van der Waals surface area contributed by atoms with E-state index in [0.29, 0.717) is 6.42 Å². The van der Waals surface area contributed by atoms with Gasteiger partial charge in [0.05, 0.1) is 5.41 Å². The maximum absolute atomic E-state index is 10.3. The van der Waals surface area contributed by atoms with Crippen molar-refractivity contribution >= 4 is 5.97 Å². The van der Waals surface area contributed by atoms with Crippen LogP contribution >= 0.6 is 0 Å². The minimum Gasteiger partial charge on any atom is -0.481 e. The van der Waals surface area contributed by atoms with E-state index in [0.717, 1.165) is 0 Å². The molecule has 1 fully saturated rings. The van der Waals surface area contributed by atoms with Crippen molar-refractivity contribution in [2.24, 2.45) is 11.3 Å². The molecule has 0 radical (unpaired) electrons. The first-order valence-corrected chi connectivity index (χ1v) is 2.95. The number of hydrogen-bond acceptors (Lipinski definition) is 2. The average molecular weight is 130 g/mol. The number of aliphatic hydroxyl groups excluding tert-OH is 1. The smallest absolute Gasteiger partial charge is 0.309 e. The number of rotatable bonds is 2. The summed E-state index contributed by atoms with van der Waals surface area (Å²) < 4.78 is 0. The van der Waals surface area contributed by atoms with E-state index in [9.17, 15) is 4.79 Å². The zero-order valence-electron chi connectivity index (χ0n) is 5.29. The Kier molecular flexibility index (Phi) is 1.24. The summed E-state index contributed by atoms with van der Waals surface area (Å²) in [4.78, 5) is 10.3. The summed E-state index contributed by atoms with van der Waals surface area (Å²) in [6, 6.07) is 0. The van der Waals surface area contributed by atoms with Gasteiger partial charge in [0.25, 0.3) is 0 Å². The molecule has 2 N–H and O–H groups in total. The lowest BCUT2D eigenvalue weighted by Crippen LogP contribution is -2.14. The van der Waals surface area contributed by atoms with Gasteiger partial charge in [-0.2, -0.15) is 0 Å². The van der Waals surface area contributed by atoms with Crippen molar-refractivity contribution in [1.29, 1.82) is 0 Å². The van der Waals surface area contributed by atoms with Gasteiger partial charge in [0, 0.05) is 6.61 Å². The van der Waals surface area contributed by atoms with Crippen LogP contribution in [0.25, 0.3) is 0 Å². The third-order valence-electron chi connectivity index (χ3n) is 2.12. The van der Waals surface area contributed by atoms with E-state index in [4.69, 9.17) is 10.2 Å². The summed E-state index contributed by atoms with van der Waals surface area (Å²) in [5, 5.41) is 17.0. The molecule has 0 aromatic carbocycles. The zero-order chi connectivity index (χ0) is 7.07. The van der Waals surface area contributed by atoms with Gasteiger partial charge in [-0.3, -0.25) is 4.79 Å². The maximum atomic E-state index is 10.3. The molecule has 0 saturated heterocycles. The highest BCUT2D eigenvalue weighted by Crippen LogP contribution is 2.51. The molecule has 0 unspecified atom stereocenters. The van der Waals surface area contributed by atoms with Gasteiger partial charge in [0.15, 0.2) is 0 Å². The van der Waals surface area contributed by atoms with E-state index < -0.39 is 11.4 Å². The van der Waals surface area contributed by atoms with Crippen LogP contribution in [0.1, 0.15) is 13.3 Å². The largest absolute Gasteiger partial charge is 0.481 e. The molecule has 1 saturated carbocycles. The van der Waals surface area contributed by atoms with Gasteiger partial charge in [-0.25, -0.2) is 0 Å². The van der Waals surface area contributed by atoms with Gasteiger partial charge in [-0.1, -0.05) is 0 Å². The summed E-state index contributed by atoms with van der Waals surface area (Å²) in [6.45, 7) is 1.67. The van der Waals surface area contributed by atoms with Gasteiger partial charge in [0.2, 0.25) is 0 Å². The predicted octanol–water partition coefficient (Wildman–Crippen LogP) is 0.0895. The first-order chi connectivity index (χ1) is 4.11. The Hall–Kier alpha value is -0.570. The number of aliphatic carboxylic acids is 1. The fourth-order valence-corrected chi connectivity index (χ4v) is 0.981. The molecule has 0 spiro atoms. The fourth-order valence-electron chi connectivity index (χ4n) is 0.981. The molecule has 0 aromatic rings. The van der Waals surface area contributed by atoms with E-state index in [2.05, 4.69) is 0 Å². The molecule has 1 rings (SSSR count). The van der Waals surface area contributed by atoms with Gasteiger partial charge < -0.3 is 10.2 Å². The summed E-state index contributed by atoms with van der Waals surface area (Å²) >= 11 is 0. The number of hydrogen-bond donors (Lipinski definition) is 2. The van der Waals surface area contributed by atoms with Crippen LogP contribution in [0.4, 0.5) is 0 Å². The second-order valence-electron chi connectivity index (χ2n) is 2.81. The SMILES string of the molecule is C[C@]1(C(=O)O)C[C@@H]1CO. The lowest BCUT2D eigenvalue weighted by Gasteiger charge is -2.00. The van der Waals surface area contributed by atoms with Gasteiger partial charge in [-0.05, 0) is 19.3 Å². The molecule has 1 aliphatic carbocycles. The summed E-state index contributed by atoms with van der Waals surface area (Å²) in [6.07, 6.45) is 0.624. The van der Waals surface area contributed by atoms with Gasteiger partial charge in [-0.15, -0.1) is 0 Å². The van der Waals surface area contributed by atoms with E-state index in [1.807, 2.05) is 0 Å². The summed E-state index contributed by atoms with van der Waals surface area (Å²) in [5.41, 5.74) is -0.616. The summed E-state index contributed by atoms with van der Waals surface area (Å²) in [5.74, 6) is -0.795. The van der Waals surface area contributed by atoms with Crippen LogP contribution < -0.4 is 0 Å². The highest BCUT2D eigenvalue weighted by molar-refractivity contribution is 5.78. The summed E-state index contributed by atoms with van der Waals surface area (Å²) in [7, 11) is 0. The Balaban J connectivity index is 2.52. The van der Waals surface area contributed by atoms with Crippen LogP contribution in [0.2, 0.25) is 0 Å². The predicted molar refractivity (Wildman–Crippen MR) is 30.9 cm³/mol. The second-order valence-corrected chi connectivity index (χ2v) is 2.81. The van der Waals surface area contributed by atoms with E-state index in [1.165, 1.54) is 0 Å². The van der Waals surface area contributed by atoms with Gasteiger partial charge >= 0.3 is 5.97 Å². The van der Waals surface area contributed by atoms with E-state index >= 15 is 0 Å². The third kappa shape index (κ3) is 0.812. The molecule has 0 amide bonds. The normalized spacial score (nSPS) is 40.4. The second kappa shape index (κ2) is 1.70. The molecular weight excluding hydrogens is 120 g/mol. The molecule has 0 aliphatic heterocycles. The topological polar surface area (TPSA) is 57.5 Å². The van der Waals surface area contributed by atoms with Crippen molar-refractivity contribution in [1.82, 2.24) is 0 Å². The van der Waals surface area contributed by atoms with Crippen LogP contribution in [0.5, 0.6) is 0 Å². The Bertz CT molecular complexity index is 143. The number of carbonyl (C=O) groups is 1. The fraction of sp³-hybridized carbons (Fsp3) is 0.833. The molecule has 0 aromatic heterocycles. The Morgan fingerprint density at radius 2 is 2.44 bits per heavy atom. The van der Waals surface area contributed by atoms with Crippen LogP contribution in [0.15, 0.2) is 0 Å². The average Bonchev–Trinajstić information content (AvgIpc) is 2.44. The number of carboxylic acids is 1. The molecule has 3 heteroatoms. The van der Waals surface area contributed by atoms with E-state index in [1.54, 1.807) is 6.92 Å².